The molecule has 2 aliphatic rings. The Bertz CT molecular complexity index is 1780. The van der Waals surface area contributed by atoms with E-state index in [2.05, 4.69) is 19.9 Å². The van der Waals surface area contributed by atoms with Gasteiger partial charge in [0, 0.05) is 31.1 Å². The molecule has 0 bridgehead atoms. The molecule has 0 aliphatic carbocycles. The van der Waals surface area contributed by atoms with E-state index in [4.69, 9.17) is 14.2 Å². The van der Waals surface area contributed by atoms with Gasteiger partial charge in [-0.1, -0.05) is 24.3 Å². The van der Waals surface area contributed by atoms with Crippen LogP contribution in [0.25, 0.3) is 32.9 Å². The van der Waals surface area contributed by atoms with Crippen molar-refractivity contribution in [1.29, 1.82) is 0 Å². The maximum Gasteiger partial charge on any atom is 0.320 e. The predicted octanol–water partition coefficient (Wildman–Crippen LogP) is 7.14. The van der Waals surface area contributed by atoms with E-state index in [0.29, 0.717) is 41.3 Å². The van der Waals surface area contributed by atoms with Gasteiger partial charge in [0.1, 0.15) is 35.4 Å². The molecule has 0 spiro atoms. The summed E-state index contributed by atoms with van der Waals surface area (Å²) in [5.74, 6) is -1.42. The second kappa shape index (κ2) is 12.7. The number of benzene rings is 2. The van der Waals surface area contributed by atoms with Crippen molar-refractivity contribution in [1.82, 2.24) is 19.9 Å². The molecular weight excluding hydrogens is 597 g/mol. The van der Waals surface area contributed by atoms with Crippen molar-refractivity contribution < 1.29 is 32.2 Å². The van der Waals surface area contributed by atoms with Crippen molar-refractivity contribution in [3.8, 4) is 23.1 Å². The van der Waals surface area contributed by atoms with Gasteiger partial charge in [-0.05, 0) is 82.3 Å². The van der Waals surface area contributed by atoms with Crippen molar-refractivity contribution in [2.24, 2.45) is 0 Å². The molecule has 0 amide bonds. The first-order chi connectivity index (χ1) is 22.0. The fourth-order valence-corrected chi connectivity index (χ4v) is 6.79. The number of carbonyl (C=O) groups excluding carboxylic acids is 1. The third-order valence-electron chi connectivity index (χ3n) is 8.73. The third-order valence-corrected chi connectivity index (χ3v) is 8.73. The number of aryl methyl sites for hydroxylation is 1. The molecular formula is C35H39F3N4O4. The number of nitrogens with zero attached hydrogens (tertiary/aromatic N) is 4. The summed E-state index contributed by atoms with van der Waals surface area (Å²) >= 11 is 0. The molecule has 8 nitrogen and oxygen atoms in total. The Morgan fingerprint density at radius 1 is 1.15 bits per heavy atom. The Labute approximate surface area is 266 Å². The molecule has 2 fully saturated rings. The van der Waals surface area contributed by atoms with Crippen LogP contribution >= 0.6 is 0 Å². The lowest BCUT2D eigenvalue weighted by Crippen LogP contribution is -2.43. The van der Waals surface area contributed by atoms with Crippen LogP contribution in [0, 0.1) is 11.6 Å². The van der Waals surface area contributed by atoms with Crippen molar-refractivity contribution in [2.45, 2.75) is 83.5 Å². The highest BCUT2D eigenvalue weighted by molar-refractivity contribution is 6.00. The molecule has 4 heterocycles. The van der Waals surface area contributed by atoms with E-state index in [-0.39, 0.29) is 60.5 Å². The first kappa shape index (κ1) is 32.0. The molecule has 0 radical (unpaired) electrons. The number of esters is 1. The maximum absolute atomic E-state index is 16.7. The van der Waals surface area contributed by atoms with Crippen LogP contribution < -0.4 is 9.47 Å². The Morgan fingerprint density at radius 3 is 2.76 bits per heavy atom. The monoisotopic (exact) mass is 636 g/mol. The van der Waals surface area contributed by atoms with E-state index < -0.39 is 28.9 Å². The number of halogens is 3. The fourth-order valence-electron chi connectivity index (χ4n) is 6.79. The number of hydrogen-bond acceptors (Lipinski definition) is 8. The summed E-state index contributed by atoms with van der Waals surface area (Å²) in [6.45, 7) is 8.91. The van der Waals surface area contributed by atoms with Gasteiger partial charge in [0.05, 0.1) is 17.5 Å². The van der Waals surface area contributed by atoms with Crippen LogP contribution in [0.1, 0.15) is 65.4 Å². The molecule has 11 heteroatoms. The molecule has 2 aromatic heterocycles. The molecule has 4 aromatic rings. The van der Waals surface area contributed by atoms with E-state index >= 15 is 8.78 Å². The van der Waals surface area contributed by atoms with E-state index in [9.17, 15) is 9.18 Å². The third kappa shape index (κ3) is 6.34. The summed E-state index contributed by atoms with van der Waals surface area (Å²) in [4.78, 5) is 27.5. The van der Waals surface area contributed by atoms with Gasteiger partial charge in [-0.3, -0.25) is 14.7 Å². The van der Waals surface area contributed by atoms with E-state index in [1.807, 2.05) is 26.8 Å². The largest absolute Gasteiger partial charge is 0.471 e. The minimum atomic E-state index is -0.923. The quantitative estimate of drug-likeness (QED) is 0.170. The number of carbonyl (C=O) groups is 1. The highest BCUT2D eigenvalue weighted by Crippen LogP contribution is 2.41. The zero-order valence-corrected chi connectivity index (χ0v) is 26.7. The fraction of sp³-hybridized carbons (Fsp3) is 0.486. The summed E-state index contributed by atoms with van der Waals surface area (Å²) in [6.07, 6.45) is 3.40. The van der Waals surface area contributed by atoms with Gasteiger partial charge in [-0.25, -0.2) is 13.2 Å². The van der Waals surface area contributed by atoms with Gasteiger partial charge >= 0.3 is 12.0 Å². The van der Waals surface area contributed by atoms with Crippen LogP contribution in [0.3, 0.4) is 0 Å². The molecule has 0 saturated carbocycles. The average molecular weight is 637 g/mol. The van der Waals surface area contributed by atoms with Gasteiger partial charge in [-0.15, -0.1) is 0 Å². The van der Waals surface area contributed by atoms with Crippen LogP contribution in [0.4, 0.5) is 13.2 Å². The van der Waals surface area contributed by atoms with Crippen LogP contribution in [0.15, 0.2) is 36.5 Å². The minimum Gasteiger partial charge on any atom is -0.471 e. The first-order valence-electron chi connectivity index (χ1n) is 15.9. The molecule has 2 atom stereocenters. The van der Waals surface area contributed by atoms with Gasteiger partial charge in [-0.2, -0.15) is 9.97 Å². The summed E-state index contributed by atoms with van der Waals surface area (Å²) in [7, 11) is 0. The highest BCUT2D eigenvalue weighted by Gasteiger charge is 2.49. The number of aromatic nitrogens is 3. The minimum absolute atomic E-state index is 0.0154. The summed E-state index contributed by atoms with van der Waals surface area (Å²) in [5, 5.41) is 1.48. The van der Waals surface area contributed by atoms with Crippen LogP contribution in [0.5, 0.6) is 11.9 Å². The second-order valence-corrected chi connectivity index (χ2v) is 13.2. The van der Waals surface area contributed by atoms with Crippen molar-refractivity contribution in [3.05, 3.63) is 53.7 Å². The molecule has 6 rings (SSSR count). The van der Waals surface area contributed by atoms with Gasteiger partial charge in [0.2, 0.25) is 5.88 Å². The summed E-state index contributed by atoms with van der Waals surface area (Å²) in [5.41, 5.74) is -0.429. The standard InChI is InChI=1S/C35H39F3N4O4/c1-5-44-27(43)12-7-10-23-26(37)14-13-21-9-6-11-24(28(21)23)30-29(38)31-25(18-39-30)32(46-34(2,3)4)41-33(40-31)45-20-35-15-8-16-42(35)19-22(36)17-35/h6,9,11,13-14,18,22H,5,7-8,10,12,15-17,19-20H2,1-4H3/t22-,35+/m1/s1. The number of pyridine rings is 1. The molecule has 2 saturated heterocycles. The Balaban J connectivity index is 1.42. The van der Waals surface area contributed by atoms with Crippen molar-refractivity contribution in [3.63, 3.8) is 0 Å². The lowest BCUT2D eigenvalue weighted by molar-refractivity contribution is -0.143. The lowest BCUT2D eigenvalue weighted by atomic mass is 9.93. The number of fused-ring (bicyclic) bond motifs is 3. The van der Waals surface area contributed by atoms with Crippen molar-refractivity contribution in [2.75, 3.05) is 26.3 Å². The molecule has 2 aliphatic heterocycles. The summed E-state index contributed by atoms with van der Waals surface area (Å²) < 4.78 is 63.6. The van der Waals surface area contributed by atoms with Gasteiger partial charge < -0.3 is 14.2 Å². The molecule has 2 aromatic carbocycles. The Kier molecular flexibility index (Phi) is 8.80. The summed E-state index contributed by atoms with van der Waals surface area (Å²) in [6, 6.07) is 8.23. The second-order valence-electron chi connectivity index (χ2n) is 13.2. The zero-order valence-electron chi connectivity index (χ0n) is 26.7. The number of ether oxygens (including phenoxy) is 3. The maximum atomic E-state index is 16.7. The van der Waals surface area contributed by atoms with E-state index in [1.54, 1.807) is 25.1 Å². The normalized spacial score (nSPS) is 19.9. The zero-order chi connectivity index (χ0) is 32.6. The molecule has 0 N–H and O–H groups in total. The molecule has 0 unspecified atom stereocenters. The first-order valence-corrected chi connectivity index (χ1v) is 15.9. The van der Waals surface area contributed by atoms with Crippen molar-refractivity contribution >= 4 is 27.6 Å². The highest BCUT2D eigenvalue weighted by atomic mass is 19.1. The van der Waals surface area contributed by atoms with Crippen LogP contribution in [-0.4, -0.2) is 69.4 Å². The number of alkyl halides is 1. The van der Waals surface area contributed by atoms with Crippen LogP contribution in [0.2, 0.25) is 0 Å². The lowest BCUT2D eigenvalue weighted by Gasteiger charge is -2.31. The van der Waals surface area contributed by atoms with Crippen LogP contribution in [-0.2, 0) is 16.0 Å². The molecule has 46 heavy (non-hydrogen) atoms. The van der Waals surface area contributed by atoms with E-state index in [1.165, 1.54) is 12.3 Å². The Hall–Kier alpha value is -3.99. The Morgan fingerprint density at radius 2 is 1.98 bits per heavy atom. The average Bonchev–Trinajstić information content (AvgIpc) is 3.52. The number of hydrogen-bond donors (Lipinski definition) is 0. The van der Waals surface area contributed by atoms with E-state index in [0.717, 1.165) is 19.4 Å². The topological polar surface area (TPSA) is 86.7 Å². The smallest absolute Gasteiger partial charge is 0.320 e. The predicted molar refractivity (Wildman–Crippen MR) is 169 cm³/mol. The van der Waals surface area contributed by atoms with Gasteiger partial charge in [0.25, 0.3) is 0 Å². The van der Waals surface area contributed by atoms with Gasteiger partial charge in [0.15, 0.2) is 5.82 Å². The SMILES string of the molecule is CCOC(=O)CCCc1c(F)ccc2cccc(-c3ncc4c(OC(C)(C)C)nc(OC[C@@]56CCCN5C[C@H](F)C6)nc4c3F)c12. The molecule has 244 valence electrons. The number of rotatable bonds is 10.